The molecule has 25 heavy (non-hydrogen) atoms. The third kappa shape index (κ3) is 12.0. The molecule has 0 saturated carbocycles. The predicted octanol–water partition coefficient (Wildman–Crippen LogP) is 6.22. The Morgan fingerprint density at radius 3 is 1.56 bits per heavy atom. The molecule has 1 rings (SSSR count). The third-order valence-corrected chi connectivity index (χ3v) is 5.09. The zero-order chi connectivity index (χ0) is 18.2. The van der Waals surface area contributed by atoms with Crippen LogP contribution in [0, 0.1) is 0 Å². The Morgan fingerprint density at radius 1 is 0.720 bits per heavy atom. The molecule has 0 atom stereocenters. The summed E-state index contributed by atoms with van der Waals surface area (Å²) in [6.07, 6.45) is 23.6. The first kappa shape index (κ1) is 21.9. The Morgan fingerprint density at radius 2 is 1.16 bits per heavy atom. The van der Waals surface area contributed by atoms with Crippen LogP contribution in [-0.4, -0.2) is 11.8 Å². The quantitative estimate of drug-likeness (QED) is 0.204. The van der Waals surface area contributed by atoms with E-state index in [1.807, 2.05) is 6.08 Å². The highest BCUT2D eigenvalue weighted by Gasteiger charge is 2.22. The maximum absolute atomic E-state index is 11.4. The van der Waals surface area contributed by atoms with E-state index in [1.165, 1.54) is 89.9 Å². The van der Waals surface area contributed by atoms with E-state index in [2.05, 4.69) is 12.2 Å². The van der Waals surface area contributed by atoms with Gasteiger partial charge in [-0.25, -0.2) is 0 Å². The van der Waals surface area contributed by atoms with Crippen LogP contribution in [0.15, 0.2) is 11.6 Å². The maximum Gasteiger partial charge on any atom is 0.253 e. The highest BCUT2D eigenvalue weighted by molar-refractivity contribution is 6.13. The van der Waals surface area contributed by atoms with E-state index in [4.69, 9.17) is 0 Å². The molecular formula is C22H39NO2. The molecule has 1 aliphatic heterocycles. The van der Waals surface area contributed by atoms with E-state index in [0.717, 1.165) is 12.8 Å². The SMILES string of the molecule is CCCCCCCCCCCCCCCCCC=C1CC(=O)NC1=O. The molecule has 1 saturated heterocycles. The molecule has 3 nitrogen and oxygen atoms in total. The molecule has 1 N–H and O–H groups in total. The van der Waals surface area contributed by atoms with Crippen molar-refractivity contribution >= 4 is 11.8 Å². The summed E-state index contributed by atoms with van der Waals surface area (Å²) in [7, 11) is 0. The molecule has 0 unspecified atom stereocenters. The summed E-state index contributed by atoms with van der Waals surface area (Å²) in [5, 5.41) is 2.33. The van der Waals surface area contributed by atoms with Crippen LogP contribution in [0.2, 0.25) is 0 Å². The van der Waals surface area contributed by atoms with Gasteiger partial charge in [0, 0.05) is 5.57 Å². The van der Waals surface area contributed by atoms with Gasteiger partial charge in [-0.1, -0.05) is 103 Å². The van der Waals surface area contributed by atoms with Crippen LogP contribution >= 0.6 is 0 Å². The predicted molar refractivity (Wildman–Crippen MR) is 105 cm³/mol. The van der Waals surface area contributed by atoms with Gasteiger partial charge < -0.3 is 0 Å². The fourth-order valence-corrected chi connectivity index (χ4v) is 3.46. The van der Waals surface area contributed by atoms with Gasteiger partial charge in [0.25, 0.3) is 5.91 Å². The second-order valence-electron chi connectivity index (χ2n) is 7.52. The van der Waals surface area contributed by atoms with Crippen molar-refractivity contribution in [3.05, 3.63) is 11.6 Å². The number of nitrogens with one attached hydrogen (secondary N) is 1. The van der Waals surface area contributed by atoms with Crippen LogP contribution in [0.1, 0.15) is 116 Å². The summed E-state index contributed by atoms with van der Waals surface area (Å²) in [4.78, 5) is 22.4. The number of amides is 2. The zero-order valence-electron chi connectivity index (χ0n) is 16.4. The van der Waals surface area contributed by atoms with Gasteiger partial charge in [0.05, 0.1) is 6.42 Å². The molecule has 2 amide bonds. The van der Waals surface area contributed by atoms with Crippen molar-refractivity contribution in [3.8, 4) is 0 Å². The van der Waals surface area contributed by atoms with Crippen LogP contribution in [0.25, 0.3) is 0 Å². The molecule has 0 aromatic heterocycles. The lowest BCUT2D eigenvalue weighted by Gasteiger charge is -2.03. The molecule has 1 heterocycles. The van der Waals surface area contributed by atoms with Crippen molar-refractivity contribution in [2.24, 2.45) is 0 Å². The fourth-order valence-electron chi connectivity index (χ4n) is 3.46. The van der Waals surface area contributed by atoms with Crippen LogP contribution in [0.3, 0.4) is 0 Å². The Kier molecular flexibility index (Phi) is 13.3. The van der Waals surface area contributed by atoms with Gasteiger partial charge in [-0.2, -0.15) is 0 Å². The largest absolute Gasteiger partial charge is 0.292 e. The summed E-state index contributed by atoms with van der Waals surface area (Å²) in [6.45, 7) is 2.27. The fraction of sp³-hybridized carbons (Fsp3) is 0.818. The number of carbonyl (C=O) groups is 2. The molecule has 0 aromatic carbocycles. The van der Waals surface area contributed by atoms with Crippen molar-refractivity contribution in [1.82, 2.24) is 5.32 Å². The van der Waals surface area contributed by atoms with Gasteiger partial charge in [-0.05, 0) is 12.8 Å². The summed E-state index contributed by atoms with van der Waals surface area (Å²) in [6, 6.07) is 0. The van der Waals surface area contributed by atoms with Crippen molar-refractivity contribution in [1.29, 1.82) is 0 Å². The molecule has 0 radical (unpaired) electrons. The molecule has 0 spiro atoms. The van der Waals surface area contributed by atoms with E-state index in [0.29, 0.717) is 5.57 Å². The normalized spacial score (nSPS) is 16.0. The van der Waals surface area contributed by atoms with Gasteiger partial charge in [0.1, 0.15) is 0 Å². The van der Waals surface area contributed by atoms with Crippen LogP contribution in [-0.2, 0) is 9.59 Å². The van der Waals surface area contributed by atoms with Crippen molar-refractivity contribution in [3.63, 3.8) is 0 Å². The third-order valence-electron chi connectivity index (χ3n) is 5.09. The number of rotatable bonds is 16. The molecular weight excluding hydrogens is 310 g/mol. The maximum atomic E-state index is 11.4. The minimum atomic E-state index is -0.189. The lowest BCUT2D eigenvalue weighted by Crippen LogP contribution is -2.19. The Labute approximate surface area is 155 Å². The van der Waals surface area contributed by atoms with Gasteiger partial charge >= 0.3 is 0 Å². The number of allylic oxidation sites excluding steroid dienone is 1. The first-order valence-corrected chi connectivity index (χ1v) is 10.8. The van der Waals surface area contributed by atoms with Gasteiger partial charge in [-0.3, -0.25) is 14.9 Å². The zero-order valence-corrected chi connectivity index (χ0v) is 16.4. The van der Waals surface area contributed by atoms with E-state index in [-0.39, 0.29) is 18.2 Å². The van der Waals surface area contributed by atoms with E-state index < -0.39 is 0 Å². The number of unbranched alkanes of at least 4 members (excludes halogenated alkanes) is 15. The topological polar surface area (TPSA) is 46.2 Å². The van der Waals surface area contributed by atoms with Crippen molar-refractivity contribution < 1.29 is 9.59 Å². The Hall–Kier alpha value is -1.12. The summed E-state index contributed by atoms with van der Waals surface area (Å²) >= 11 is 0. The first-order chi connectivity index (χ1) is 12.2. The standard InChI is InChI=1S/C22H39NO2/c1-2-3-4-5-6-7-8-9-10-11-12-13-14-15-16-17-18-20-19-21(24)23-22(20)25/h18H,2-17,19H2,1H3,(H,23,24,25). The Bertz CT molecular complexity index is 401. The molecule has 0 bridgehead atoms. The molecule has 3 heteroatoms. The van der Waals surface area contributed by atoms with Crippen molar-refractivity contribution in [2.45, 2.75) is 116 Å². The monoisotopic (exact) mass is 349 g/mol. The number of hydrogen-bond acceptors (Lipinski definition) is 2. The van der Waals surface area contributed by atoms with Crippen LogP contribution < -0.4 is 5.32 Å². The first-order valence-electron chi connectivity index (χ1n) is 10.8. The number of hydrogen-bond donors (Lipinski definition) is 1. The molecule has 1 fully saturated rings. The smallest absolute Gasteiger partial charge is 0.253 e. The summed E-state index contributed by atoms with van der Waals surface area (Å²) in [5.41, 5.74) is 0.662. The number of carbonyl (C=O) groups excluding carboxylic acids is 2. The highest BCUT2D eigenvalue weighted by Crippen LogP contribution is 2.15. The lowest BCUT2D eigenvalue weighted by molar-refractivity contribution is -0.124. The molecule has 144 valence electrons. The average molecular weight is 350 g/mol. The van der Waals surface area contributed by atoms with Gasteiger partial charge in [0.15, 0.2) is 0 Å². The average Bonchev–Trinajstić information content (AvgIpc) is 2.92. The number of imide groups is 1. The second kappa shape index (κ2) is 15.2. The highest BCUT2D eigenvalue weighted by atomic mass is 16.2. The molecule has 0 aliphatic carbocycles. The van der Waals surface area contributed by atoms with E-state index in [1.54, 1.807) is 0 Å². The lowest BCUT2D eigenvalue weighted by atomic mass is 10.0. The minimum absolute atomic E-state index is 0.159. The second-order valence-corrected chi connectivity index (χ2v) is 7.52. The van der Waals surface area contributed by atoms with E-state index in [9.17, 15) is 9.59 Å². The Balaban J connectivity index is 1.77. The van der Waals surface area contributed by atoms with Crippen LogP contribution in [0.5, 0.6) is 0 Å². The van der Waals surface area contributed by atoms with Crippen molar-refractivity contribution in [2.75, 3.05) is 0 Å². The summed E-state index contributed by atoms with van der Waals surface area (Å²) in [5.74, 6) is -0.348. The summed E-state index contributed by atoms with van der Waals surface area (Å²) < 4.78 is 0. The van der Waals surface area contributed by atoms with E-state index >= 15 is 0 Å². The van der Waals surface area contributed by atoms with Gasteiger partial charge in [-0.15, -0.1) is 0 Å². The molecule has 1 aliphatic rings. The van der Waals surface area contributed by atoms with Gasteiger partial charge in [0.2, 0.25) is 5.91 Å². The minimum Gasteiger partial charge on any atom is -0.292 e. The van der Waals surface area contributed by atoms with Crippen LogP contribution in [0.4, 0.5) is 0 Å². The molecule has 0 aromatic rings.